The molecule has 0 atom stereocenters. The summed E-state index contributed by atoms with van der Waals surface area (Å²) >= 11 is 3.00. The van der Waals surface area contributed by atoms with E-state index in [4.69, 9.17) is 0 Å². The van der Waals surface area contributed by atoms with Gasteiger partial charge in [0.25, 0.3) is 0 Å². The second kappa shape index (κ2) is 9.14. The van der Waals surface area contributed by atoms with Gasteiger partial charge >= 0.3 is 0 Å². The van der Waals surface area contributed by atoms with Crippen LogP contribution in [0.4, 0.5) is 4.39 Å². The lowest BCUT2D eigenvalue weighted by molar-refractivity contribution is -0.128. The predicted molar refractivity (Wildman–Crippen MR) is 107 cm³/mol. The number of hydrogen-bond donors (Lipinski definition) is 0. The molecule has 8 heteroatoms. The summed E-state index contributed by atoms with van der Waals surface area (Å²) < 4.78 is 15.4. The Morgan fingerprint density at radius 1 is 1.26 bits per heavy atom. The van der Waals surface area contributed by atoms with Gasteiger partial charge < -0.3 is 9.47 Å². The molecule has 0 radical (unpaired) electrons. The van der Waals surface area contributed by atoms with Crippen LogP contribution in [0.5, 0.6) is 0 Å². The first kappa shape index (κ1) is 19.6. The molecule has 0 saturated heterocycles. The maximum Gasteiger partial charge on any atom is 0.233 e. The van der Waals surface area contributed by atoms with Gasteiger partial charge in [0.1, 0.15) is 5.82 Å². The molecule has 3 rings (SSSR count). The molecule has 3 aromatic rings. The van der Waals surface area contributed by atoms with E-state index in [1.807, 2.05) is 42.0 Å². The van der Waals surface area contributed by atoms with E-state index in [0.29, 0.717) is 13.1 Å². The molecule has 0 unspecified atom stereocenters. The van der Waals surface area contributed by atoms with Crippen molar-refractivity contribution in [3.8, 4) is 10.7 Å². The molecule has 1 amide bonds. The average Bonchev–Trinajstić information content (AvgIpc) is 3.33. The summed E-state index contributed by atoms with van der Waals surface area (Å²) in [5.74, 6) is 0.804. The molecule has 142 valence electrons. The molecular weight excluding hydrogens is 383 g/mol. The molecule has 0 fully saturated rings. The molecule has 0 spiro atoms. The number of thiophene rings is 1. The summed E-state index contributed by atoms with van der Waals surface area (Å²) in [7, 11) is 0. The van der Waals surface area contributed by atoms with Gasteiger partial charge in [0.2, 0.25) is 5.91 Å². The van der Waals surface area contributed by atoms with Crippen molar-refractivity contribution in [2.45, 2.75) is 32.1 Å². The number of benzene rings is 1. The topological polar surface area (TPSA) is 51.0 Å². The van der Waals surface area contributed by atoms with Gasteiger partial charge in [-0.15, -0.1) is 21.5 Å². The highest BCUT2D eigenvalue weighted by molar-refractivity contribution is 7.99. The van der Waals surface area contributed by atoms with E-state index < -0.39 is 0 Å². The van der Waals surface area contributed by atoms with Crippen LogP contribution in [0.15, 0.2) is 46.9 Å². The Morgan fingerprint density at radius 2 is 2.11 bits per heavy atom. The van der Waals surface area contributed by atoms with Gasteiger partial charge in [-0.25, -0.2) is 4.39 Å². The fourth-order valence-electron chi connectivity index (χ4n) is 2.72. The monoisotopic (exact) mass is 404 g/mol. The Morgan fingerprint density at radius 3 is 2.78 bits per heavy atom. The lowest BCUT2D eigenvalue weighted by Crippen LogP contribution is -2.31. The van der Waals surface area contributed by atoms with Gasteiger partial charge in [-0.1, -0.05) is 30.0 Å². The van der Waals surface area contributed by atoms with Gasteiger partial charge in [-0.05, 0) is 43.0 Å². The van der Waals surface area contributed by atoms with E-state index in [1.54, 1.807) is 22.3 Å². The SMILES string of the molecule is CCN(Cc1cccc(F)c1)C(=O)CSc1nnc(-c2cccs2)n1CC. The fourth-order valence-corrected chi connectivity index (χ4v) is 4.34. The normalized spacial score (nSPS) is 10.9. The minimum absolute atomic E-state index is 0.00455. The summed E-state index contributed by atoms with van der Waals surface area (Å²) in [5.41, 5.74) is 0.784. The number of rotatable bonds is 8. The number of nitrogens with zero attached hydrogens (tertiary/aromatic N) is 4. The Hall–Kier alpha value is -2.19. The maximum absolute atomic E-state index is 13.4. The van der Waals surface area contributed by atoms with Crippen molar-refractivity contribution in [2.75, 3.05) is 12.3 Å². The van der Waals surface area contributed by atoms with Crippen LogP contribution < -0.4 is 0 Å². The summed E-state index contributed by atoms with van der Waals surface area (Å²) in [6.07, 6.45) is 0. The number of halogens is 1. The molecule has 0 aliphatic heterocycles. The Labute approximate surface area is 166 Å². The quantitative estimate of drug-likeness (QED) is 0.525. The third-order valence-corrected chi connectivity index (χ3v) is 5.91. The maximum atomic E-state index is 13.4. The van der Waals surface area contributed by atoms with Gasteiger partial charge in [0, 0.05) is 19.6 Å². The zero-order chi connectivity index (χ0) is 19.2. The average molecular weight is 405 g/mol. The van der Waals surface area contributed by atoms with Crippen molar-refractivity contribution >= 4 is 29.0 Å². The molecule has 0 aliphatic rings. The predicted octanol–water partition coefficient (Wildman–Crippen LogP) is 4.31. The largest absolute Gasteiger partial charge is 0.338 e. The second-order valence-electron chi connectivity index (χ2n) is 5.85. The molecule has 0 N–H and O–H groups in total. The number of amides is 1. The number of carbonyl (C=O) groups excluding carboxylic acids is 1. The highest BCUT2D eigenvalue weighted by atomic mass is 32.2. The standard InChI is InChI=1S/C19H21FN4OS2/c1-3-23(12-14-7-5-8-15(20)11-14)17(25)13-27-19-22-21-18(24(19)4-2)16-9-6-10-26-16/h5-11H,3-4,12-13H2,1-2H3. The van der Waals surface area contributed by atoms with Crippen LogP contribution in [0.25, 0.3) is 10.7 Å². The van der Waals surface area contributed by atoms with Gasteiger partial charge in [-0.3, -0.25) is 4.79 Å². The van der Waals surface area contributed by atoms with Gasteiger partial charge in [0.15, 0.2) is 11.0 Å². The molecule has 27 heavy (non-hydrogen) atoms. The van der Waals surface area contributed by atoms with E-state index in [1.165, 1.54) is 23.9 Å². The Bertz CT molecular complexity index is 895. The highest BCUT2D eigenvalue weighted by Crippen LogP contribution is 2.27. The number of aromatic nitrogens is 3. The summed E-state index contributed by atoms with van der Waals surface area (Å²) in [5, 5.41) is 11.3. The summed E-state index contributed by atoms with van der Waals surface area (Å²) in [6, 6.07) is 10.3. The summed E-state index contributed by atoms with van der Waals surface area (Å²) in [4.78, 5) is 15.4. The fraction of sp³-hybridized carbons (Fsp3) is 0.316. The minimum Gasteiger partial charge on any atom is -0.338 e. The lowest BCUT2D eigenvalue weighted by atomic mass is 10.2. The lowest BCUT2D eigenvalue weighted by Gasteiger charge is -2.21. The van der Waals surface area contributed by atoms with E-state index >= 15 is 0 Å². The van der Waals surface area contributed by atoms with Crippen molar-refractivity contribution in [3.63, 3.8) is 0 Å². The van der Waals surface area contributed by atoms with Crippen molar-refractivity contribution in [1.29, 1.82) is 0 Å². The van der Waals surface area contributed by atoms with Crippen LogP contribution in [-0.4, -0.2) is 37.9 Å². The van der Waals surface area contributed by atoms with E-state index in [-0.39, 0.29) is 17.5 Å². The molecule has 5 nitrogen and oxygen atoms in total. The number of carbonyl (C=O) groups is 1. The van der Waals surface area contributed by atoms with Gasteiger partial charge in [-0.2, -0.15) is 0 Å². The van der Waals surface area contributed by atoms with Crippen LogP contribution in [0.3, 0.4) is 0 Å². The van der Waals surface area contributed by atoms with E-state index in [0.717, 1.165) is 28.0 Å². The van der Waals surface area contributed by atoms with Crippen molar-refractivity contribution in [3.05, 3.63) is 53.2 Å². The van der Waals surface area contributed by atoms with Crippen LogP contribution in [0.1, 0.15) is 19.4 Å². The first-order chi connectivity index (χ1) is 13.1. The van der Waals surface area contributed by atoms with Gasteiger partial charge in [0.05, 0.1) is 10.6 Å². The smallest absolute Gasteiger partial charge is 0.233 e. The zero-order valence-electron chi connectivity index (χ0n) is 15.3. The Balaban J connectivity index is 1.66. The van der Waals surface area contributed by atoms with Crippen LogP contribution in [0.2, 0.25) is 0 Å². The minimum atomic E-state index is -0.289. The second-order valence-corrected chi connectivity index (χ2v) is 7.74. The zero-order valence-corrected chi connectivity index (χ0v) is 16.9. The van der Waals surface area contributed by atoms with Crippen LogP contribution in [0, 0.1) is 5.82 Å². The molecule has 2 heterocycles. The van der Waals surface area contributed by atoms with E-state index in [9.17, 15) is 9.18 Å². The number of thioether (sulfide) groups is 1. The van der Waals surface area contributed by atoms with Crippen LogP contribution >= 0.6 is 23.1 Å². The molecule has 0 aliphatic carbocycles. The molecular formula is C19H21FN4OS2. The highest BCUT2D eigenvalue weighted by Gasteiger charge is 2.18. The van der Waals surface area contributed by atoms with Crippen molar-refractivity contribution in [1.82, 2.24) is 19.7 Å². The first-order valence-corrected chi connectivity index (χ1v) is 10.6. The third-order valence-electron chi connectivity index (χ3n) is 4.10. The van der Waals surface area contributed by atoms with Crippen molar-refractivity contribution in [2.24, 2.45) is 0 Å². The van der Waals surface area contributed by atoms with Crippen LogP contribution in [-0.2, 0) is 17.9 Å². The first-order valence-electron chi connectivity index (χ1n) is 8.74. The Kier molecular flexibility index (Phi) is 6.63. The molecule has 2 aromatic heterocycles. The molecule has 0 bridgehead atoms. The third kappa shape index (κ3) is 4.75. The molecule has 1 aromatic carbocycles. The molecule has 0 saturated carbocycles. The summed E-state index contributed by atoms with van der Waals surface area (Å²) in [6.45, 7) is 5.66. The van der Waals surface area contributed by atoms with E-state index in [2.05, 4.69) is 10.2 Å². The van der Waals surface area contributed by atoms with Crippen molar-refractivity contribution < 1.29 is 9.18 Å². The number of hydrogen-bond acceptors (Lipinski definition) is 5.